The summed E-state index contributed by atoms with van der Waals surface area (Å²) >= 11 is 5.96. The van der Waals surface area contributed by atoms with Crippen LogP contribution >= 0.6 is 11.6 Å². The highest BCUT2D eigenvalue weighted by Gasteiger charge is 2.34. The summed E-state index contributed by atoms with van der Waals surface area (Å²) in [7, 11) is 0. The van der Waals surface area contributed by atoms with Gasteiger partial charge in [-0.25, -0.2) is 0 Å². The molecular formula is C33H47ClF3NO. The van der Waals surface area contributed by atoms with Crippen molar-refractivity contribution in [2.75, 3.05) is 13.1 Å². The molecule has 218 valence electrons. The number of hydrogen-bond donors (Lipinski definition) is 0. The van der Waals surface area contributed by atoms with Gasteiger partial charge in [0.25, 0.3) is 0 Å². The lowest BCUT2D eigenvalue weighted by Gasteiger charge is -2.26. The fraction of sp³-hybridized carbons (Fsp3) is 0.394. The van der Waals surface area contributed by atoms with Crippen molar-refractivity contribution in [1.29, 1.82) is 0 Å². The number of nitrogens with zero attached hydrogens (tertiary/aromatic N) is 1. The smallest absolute Gasteiger partial charge is 0.416 e. The lowest BCUT2D eigenvalue weighted by atomic mass is 10.0. The Morgan fingerprint density at radius 3 is 1.92 bits per heavy atom. The number of allylic oxidation sites excluding steroid dienone is 12. The van der Waals surface area contributed by atoms with Crippen LogP contribution in [0.5, 0.6) is 0 Å². The number of rotatable bonds is 11. The maximum absolute atomic E-state index is 12.7. The molecule has 1 rings (SSSR count). The summed E-state index contributed by atoms with van der Waals surface area (Å²) in [6, 6.07) is 1.61. The van der Waals surface area contributed by atoms with Crippen molar-refractivity contribution in [2.24, 2.45) is 0 Å². The van der Waals surface area contributed by atoms with Crippen LogP contribution in [0.2, 0.25) is 0 Å². The highest BCUT2D eigenvalue weighted by Crippen LogP contribution is 2.33. The molecule has 0 amide bonds. The van der Waals surface area contributed by atoms with Crippen LogP contribution in [0.1, 0.15) is 73.8 Å². The molecule has 1 heterocycles. The predicted octanol–water partition coefficient (Wildman–Crippen LogP) is 11.6. The molecule has 39 heavy (non-hydrogen) atoms. The van der Waals surface area contributed by atoms with Gasteiger partial charge >= 0.3 is 6.18 Å². The van der Waals surface area contributed by atoms with E-state index in [2.05, 4.69) is 52.3 Å². The lowest BCUT2D eigenvalue weighted by molar-refractivity contribution is -0.0892. The molecule has 0 radical (unpaired) electrons. The average molecular weight is 566 g/mol. The van der Waals surface area contributed by atoms with Gasteiger partial charge in [-0.1, -0.05) is 81.1 Å². The van der Waals surface area contributed by atoms with Crippen LogP contribution in [-0.2, 0) is 0 Å². The zero-order valence-corrected chi connectivity index (χ0v) is 25.8. The van der Waals surface area contributed by atoms with E-state index in [4.69, 9.17) is 16.0 Å². The van der Waals surface area contributed by atoms with E-state index in [1.165, 1.54) is 25.0 Å². The highest BCUT2D eigenvalue weighted by molar-refractivity contribution is 6.29. The van der Waals surface area contributed by atoms with E-state index in [0.717, 1.165) is 48.3 Å². The van der Waals surface area contributed by atoms with Crippen molar-refractivity contribution in [2.45, 2.75) is 74.4 Å². The Kier molecular flexibility index (Phi) is 20.6. The Morgan fingerprint density at radius 2 is 1.59 bits per heavy atom. The molecule has 0 fully saturated rings. The Labute approximate surface area is 240 Å². The van der Waals surface area contributed by atoms with Crippen molar-refractivity contribution < 1.29 is 17.6 Å². The van der Waals surface area contributed by atoms with E-state index >= 15 is 0 Å². The summed E-state index contributed by atoms with van der Waals surface area (Å²) in [6.07, 6.45) is 11.1. The van der Waals surface area contributed by atoms with E-state index in [1.54, 1.807) is 25.1 Å². The molecule has 0 unspecified atom stereocenters. The van der Waals surface area contributed by atoms with Crippen molar-refractivity contribution in [3.63, 3.8) is 0 Å². The number of alkyl halides is 3. The van der Waals surface area contributed by atoms with Gasteiger partial charge < -0.3 is 9.32 Å². The molecule has 0 aliphatic heterocycles. The zero-order valence-electron chi connectivity index (χ0n) is 25.0. The third-order valence-electron chi connectivity index (χ3n) is 5.23. The van der Waals surface area contributed by atoms with Crippen molar-refractivity contribution in [3.8, 4) is 0 Å². The normalized spacial score (nSPS) is 12.4. The van der Waals surface area contributed by atoms with Crippen LogP contribution in [0.15, 0.2) is 112 Å². The first kappa shape index (κ1) is 38.2. The summed E-state index contributed by atoms with van der Waals surface area (Å²) in [5.74, 6) is 0. The fourth-order valence-electron chi connectivity index (χ4n) is 3.05. The number of furan rings is 1. The van der Waals surface area contributed by atoms with E-state index in [9.17, 15) is 13.2 Å². The van der Waals surface area contributed by atoms with Gasteiger partial charge in [-0.3, -0.25) is 0 Å². The second kappa shape index (κ2) is 21.0. The first-order valence-electron chi connectivity index (χ1n) is 13.0. The van der Waals surface area contributed by atoms with E-state index in [1.807, 2.05) is 32.1 Å². The molecule has 6 heteroatoms. The van der Waals surface area contributed by atoms with E-state index in [-0.39, 0.29) is 5.57 Å². The third kappa shape index (κ3) is 17.3. The summed E-state index contributed by atoms with van der Waals surface area (Å²) in [4.78, 5) is 2.31. The molecule has 0 spiro atoms. The topological polar surface area (TPSA) is 16.4 Å². The van der Waals surface area contributed by atoms with E-state index < -0.39 is 11.7 Å². The van der Waals surface area contributed by atoms with Crippen molar-refractivity contribution in [3.05, 3.63) is 113 Å². The summed E-state index contributed by atoms with van der Waals surface area (Å²) in [5.41, 5.74) is 3.80. The predicted molar refractivity (Wildman–Crippen MR) is 166 cm³/mol. The van der Waals surface area contributed by atoms with Crippen molar-refractivity contribution in [1.82, 2.24) is 4.90 Å². The Morgan fingerprint density at radius 1 is 1.03 bits per heavy atom. The fourth-order valence-corrected chi connectivity index (χ4v) is 3.16. The highest BCUT2D eigenvalue weighted by atomic mass is 35.5. The summed E-state index contributed by atoms with van der Waals surface area (Å²) < 4.78 is 43.0. The van der Waals surface area contributed by atoms with Crippen molar-refractivity contribution >= 4 is 17.2 Å². The average Bonchev–Trinajstić information content (AvgIpc) is 3.38. The second-order valence-corrected chi connectivity index (χ2v) is 9.62. The van der Waals surface area contributed by atoms with Crippen LogP contribution < -0.4 is 0 Å². The molecule has 0 saturated heterocycles. The molecule has 0 atom stereocenters. The second-order valence-electron chi connectivity index (χ2n) is 9.05. The van der Waals surface area contributed by atoms with Gasteiger partial charge in [0.15, 0.2) is 0 Å². The van der Waals surface area contributed by atoms with Gasteiger partial charge in [0, 0.05) is 29.4 Å². The largest absolute Gasteiger partial charge is 0.472 e. The molecule has 1 aromatic rings. The maximum atomic E-state index is 12.7. The van der Waals surface area contributed by atoms with Gasteiger partial charge in [-0.15, -0.1) is 0 Å². The lowest BCUT2D eigenvalue weighted by Crippen LogP contribution is -2.25. The maximum Gasteiger partial charge on any atom is 0.416 e. The molecule has 0 aromatic carbocycles. The molecule has 1 aromatic heterocycles. The quantitative estimate of drug-likeness (QED) is 0.248. The SMILES string of the molecule is C=C(/C(C)=C(/C)Cl)N(CCC)CCC.C=C(C)/C(=C\C(=C/C)c1ccoc1)C(F)(F)F.C=C/C=C\C=C(C)C. The van der Waals surface area contributed by atoms with Crippen LogP contribution in [0.4, 0.5) is 13.2 Å². The molecule has 0 aliphatic rings. The molecule has 2 nitrogen and oxygen atoms in total. The van der Waals surface area contributed by atoms with Gasteiger partial charge in [0.05, 0.1) is 18.1 Å². The minimum atomic E-state index is -4.40. The van der Waals surface area contributed by atoms with E-state index in [0.29, 0.717) is 11.1 Å². The summed E-state index contributed by atoms with van der Waals surface area (Å²) in [5, 5.41) is 0.840. The number of hydrogen-bond acceptors (Lipinski definition) is 2. The third-order valence-corrected chi connectivity index (χ3v) is 5.51. The molecule has 0 bridgehead atoms. The number of halogens is 4. The molecule has 0 saturated carbocycles. The minimum Gasteiger partial charge on any atom is -0.472 e. The van der Waals surface area contributed by atoms with Gasteiger partial charge in [0.2, 0.25) is 0 Å². The molecule has 0 N–H and O–H groups in total. The Balaban J connectivity index is 0. The van der Waals surface area contributed by atoms with Crippen LogP contribution in [0.3, 0.4) is 0 Å². The zero-order chi connectivity index (χ0) is 30.6. The van der Waals surface area contributed by atoms with Crippen LogP contribution in [0.25, 0.3) is 5.57 Å². The minimum absolute atomic E-state index is 0.0136. The first-order valence-corrected chi connectivity index (χ1v) is 13.4. The standard InChI is InChI=1S/C13H13F3O.C12H22ClN.C8H12/c1-4-10(11-5-6-17-8-11)7-12(9(2)3)13(14,15)16;1-6-8-14(9-7-2)12(5)10(3)11(4)13;1-4-5-6-7-8(2)3/h4-8H,2H2,1,3H3;5-9H2,1-4H3;4-7H,1H2,2-3H3/b10-4+,12-7+;11-10-;6-5-. The summed E-state index contributed by atoms with van der Waals surface area (Å²) in [6.45, 7) is 28.6. The van der Waals surface area contributed by atoms with Gasteiger partial charge in [-0.2, -0.15) is 13.2 Å². The molecular weight excluding hydrogens is 519 g/mol. The van der Waals surface area contributed by atoms with Crippen LogP contribution in [-0.4, -0.2) is 24.2 Å². The first-order chi connectivity index (χ1) is 18.2. The van der Waals surface area contributed by atoms with Crippen LogP contribution in [0, 0.1) is 0 Å². The van der Waals surface area contributed by atoms with Gasteiger partial charge in [-0.05, 0) is 83.2 Å². The molecule has 0 aliphatic carbocycles. The monoisotopic (exact) mass is 565 g/mol. The van der Waals surface area contributed by atoms with Gasteiger partial charge in [0.1, 0.15) is 0 Å². The Bertz CT molecular complexity index is 1020. The Hall–Kier alpha value is -2.92.